The minimum Gasteiger partial charge on any atom is -0.386 e. The maximum atomic E-state index is 13.2. The topological polar surface area (TPSA) is 152 Å². The first-order chi connectivity index (χ1) is 15.2. The lowest BCUT2D eigenvalue weighted by Gasteiger charge is -2.20. The van der Waals surface area contributed by atoms with Crippen molar-refractivity contribution in [2.75, 3.05) is 5.32 Å². The van der Waals surface area contributed by atoms with Crippen LogP contribution in [0, 0.1) is 22.7 Å². The molecule has 0 fully saturated rings. The monoisotopic (exact) mass is 501 g/mol. The van der Waals surface area contributed by atoms with Crippen molar-refractivity contribution in [1.29, 1.82) is 10.5 Å². The molecule has 2 aromatic carbocycles. The molecule has 0 aliphatic rings. The predicted molar refractivity (Wildman–Crippen MR) is 138 cm³/mol. The summed E-state index contributed by atoms with van der Waals surface area (Å²) < 4.78 is 16.9. The highest BCUT2D eigenvalue weighted by Gasteiger charge is 2.22. The number of urea groups is 1. The Labute approximate surface area is 208 Å². The predicted octanol–water partition coefficient (Wildman–Crippen LogP) is 4.95. The van der Waals surface area contributed by atoms with E-state index in [1.165, 1.54) is 32.0 Å². The van der Waals surface area contributed by atoms with E-state index in [4.69, 9.17) is 5.14 Å². The van der Waals surface area contributed by atoms with E-state index in [1.54, 1.807) is 12.1 Å². The van der Waals surface area contributed by atoms with Crippen LogP contribution in [0.1, 0.15) is 81.2 Å². The van der Waals surface area contributed by atoms with Crippen LogP contribution in [0.15, 0.2) is 39.6 Å². The lowest BCUT2D eigenvalue weighted by Crippen LogP contribution is -2.21. The van der Waals surface area contributed by atoms with Gasteiger partial charge in [0.25, 0.3) is 0 Å². The maximum Gasteiger partial charge on any atom is 0.354 e. The van der Waals surface area contributed by atoms with Crippen molar-refractivity contribution in [2.45, 2.75) is 63.9 Å². The van der Waals surface area contributed by atoms with Crippen molar-refractivity contribution in [2.24, 2.45) is 9.50 Å². The summed E-state index contributed by atoms with van der Waals surface area (Å²) in [5.41, 5.74) is 1.62. The smallest absolute Gasteiger partial charge is 0.354 e. The number of benzene rings is 2. The number of aliphatic hydroxyl groups is 1. The molecule has 2 aromatic rings. The van der Waals surface area contributed by atoms with E-state index in [1.807, 2.05) is 33.8 Å². The second kappa shape index (κ2) is 11.0. The zero-order valence-electron chi connectivity index (χ0n) is 20.1. The number of anilines is 1. The van der Waals surface area contributed by atoms with Gasteiger partial charge in [0.1, 0.15) is 9.92 Å². The van der Waals surface area contributed by atoms with Crippen molar-refractivity contribution < 1.29 is 14.1 Å². The third-order valence-corrected chi connectivity index (χ3v) is 6.45. The van der Waals surface area contributed by atoms with Gasteiger partial charge in [0.15, 0.2) is 0 Å². The molecule has 0 aromatic heterocycles. The van der Waals surface area contributed by atoms with Crippen molar-refractivity contribution in [3.63, 3.8) is 0 Å². The van der Waals surface area contributed by atoms with Gasteiger partial charge in [-0.15, -0.1) is 4.36 Å². The molecule has 0 radical (unpaired) electrons. The van der Waals surface area contributed by atoms with Gasteiger partial charge in [-0.1, -0.05) is 27.7 Å². The average molecular weight is 502 g/mol. The molecule has 0 saturated carbocycles. The molecule has 0 aliphatic carbocycles. The van der Waals surface area contributed by atoms with Crippen LogP contribution in [0.5, 0.6) is 0 Å². The number of nitrogens with one attached hydrogen (secondary N) is 1. The first-order valence-corrected chi connectivity index (χ1v) is 12.0. The number of carbonyl (C=O) groups is 1. The molecule has 0 heterocycles. The minimum absolute atomic E-state index is 0. The van der Waals surface area contributed by atoms with Gasteiger partial charge in [0, 0.05) is 5.69 Å². The number of rotatable bonds is 5. The molecule has 2 amide bonds. The molecule has 0 aliphatic heterocycles. The second-order valence-electron chi connectivity index (χ2n) is 8.96. The molecule has 2 rings (SSSR count). The zero-order chi connectivity index (χ0) is 25.1. The van der Waals surface area contributed by atoms with E-state index >= 15 is 0 Å². The molecule has 1 unspecified atom stereocenters. The van der Waals surface area contributed by atoms with Gasteiger partial charge in [0.05, 0.1) is 33.8 Å². The second-order valence-corrected chi connectivity index (χ2v) is 10.7. The summed E-state index contributed by atoms with van der Waals surface area (Å²) >= 11 is 0. The summed E-state index contributed by atoms with van der Waals surface area (Å²) in [7, 11) is -3.73. The quantitative estimate of drug-likeness (QED) is 0.529. The third-order valence-electron chi connectivity index (χ3n) is 5.10. The largest absolute Gasteiger partial charge is 0.386 e. The Balaban J connectivity index is 0.00000578. The summed E-state index contributed by atoms with van der Waals surface area (Å²) in [5, 5.41) is 37.6. The Hall–Kier alpha value is -2.89. The fourth-order valence-electron chi connectivity index (χ4n) is 3.30. The highest BCUT2D eigenvalue weighted by atomic mass is 32.2. The molecule has 8 nitrogen and oxygen atoms in total. The van der Waals surface area contributed by atoms with Crippen LogP contribution in [-0.4, -0.2) is 15.3 Å². The summed E-state index contributed by atoms with van der Waals surface area (Å²) in [4.78, 5) is 12.8. The molecule has 0 spiro atoms. The Morgan fingerprint density at radius 3 is 1.91 bits per heavy atom. The molecule has 10 heteroatoms. The van der Waals surface area contributed by atoms with E-state index in [9.17, 15) is 24.6 Å². The molecule has 182 valence electrons. The maximum absolute atomic E-state index is 13.2. The molecule has 0 saturated heterocycles. The van der Waals surface area contributed by atoms with Gasteiger partial charge in [-0.05, 0) is 72.7 Å². The molecule has 4 N–H and O–H groups in total. The van der Waals surface area contributed by atoms with Gasteiger partial charge < -0.3 is 10.4 Å². The Kier molecular flexibility index (Phi) is 9.45. The fraction of sp³-hybridized carbons (Fsp3) is 0.375. The first kappa shape index (κ1) is 29.1. The lowest BCUT2D eigenvalue weighted by atomic mass is 9.90. The normalized spacial score (nSPS) is 12.8. The number of nitrogens with zero attached hydrogens (tertiary/aromatic N) is 3. The van der Waals surface area contributed by atoms with Crippen molar-refractivity contribution >= 4 is 35.1 Å². The van der Waals surface area contributed by atoms with Crippen LogP contribution >= 0.6 is 13.5 Å². The van der Waals surface area contributed by atoms with E-state index in [0.717, 1.165) is 11.1 Å². The lowest BCUT2D eigenvalue weighted by molar-refractivity contribution is 0.0783. The number of nitriles is 2. The molecule has 1 atom stereocenters. The average Bonchev–Trinajstić information content (AvgIpc) is 2.71. The van der Waals surface area contributed by atoms with Crippen LogP contribution in [0.4, 0.5) is 10.5 Å². The Morgan fingerprint density at radius 1 is 1.03 bits per heavy atom. The van der Waals surface area contributed by atoms with Crippen LogP contribution in [0.3, 0.4) is 0 Å². The van der Waals surface area contributed by atoms with Gasteiger partial charge in [-0.2, -0.15) is 24.0 Å². The van der Waals surface area contributed by atoms with E-state index in [-0.39, 0.29) is 35.8 Å². The van der Waals surface area contributed by atoms with Gasteiger partial charge in [-0.25, -0.2) is 14.1 Å². The molecule has 34 heavy (non-hydrogen) atoms. The Bertz CT molecular complexity index is 1260. The minimum atomic E-state index is -3.73. The number of carbonyl (C=O) groups excluding carboxylic acids is 1. The van der Waals surface area contributed by atoms with Gasteiger partial charge >= 0.3 is 6.03 Å². The number of nitrogens with two attached hydrogens (primary N) is 1. The molecular weight excluding hydrogens is 470 g/mol. The highest BCUT2D eigenvalue weighted by Crippen LogP contribution is 2.34. The summed E-state index contributed by atoms with van der Waals surface area (Å²) in [6.07, 6.45) is 0. The summed E-state index contributed by atoms with van der Waals surface area (Å²) in [5.74, 6) is -0.00929. The van der Waals surface area contributed by atoms with Crippen LogP contribution in [-0.2, 0) is 15.5 Å². The van der Waals surface area contributed by atoms with Crippen LogP contribution in [0.2, 0.25) is 0 Å². The third kappa shape index (κ3) is 6.81. The SMILES string of the molecule is CC(C)c1cc(C#N)cc(C(C)C)c1NC(=O)N=S(N)(=O)c1cc(C#N)cc(C(C)(C)O)c1.S. The van der Waals surface area contributed by atoms with Gasteiger partial charge in [-0.3, -0.25) is 0 Å². The number of amides is 2. The van der Waals surface area contributed by atoms with Crippen LogP contribution in [0.25, 0.3) is 0 Å². The van der Waals surface area contributed by atoms with Crippen molar-refractivity contribution in [3.05, 3.63) is 58.1 Å². The van der Waals surface area contributed by atoms with E-state index < -0.39 is 21.5 Å². The zero-order valence-corrected chi connectivity index (χ0v) is 21.9. The van der Waals surface area contributed by atoms with Gasteiger partial charge in [0.2, 0.25) is 0 Å². The van der Waals surface area contributed by atoms with E-state index in [2.05, 4.69) is 15.7 Å². The molecule has 0 bridgehead atoms. The van der Waals surface area contributed by atoms with Crippen molar-refractivity contribution in [3.8, 4) is 12.1 Å². The summed E-state index contributed by atoms with van der Waals surface area (Å²) in [6.45, 7) is 10.8. The fourth-order valence-corrected chi connectivity index (χ4v) is 4.29. The van der Waals surface area contributed by atoms with E-state index in [0.29, 0.717) is 16.8 Å². The number of hydrogen-bond acceptors (Lipinski definition) is 5. The molecular formula is C24H31N5O3S2. The Morgan fingerprint density at radius 2 is 1.50 bits per heavy atom. The number of hydrogen-bond donors (Lipinski definition) is 3. The standard InChI is InChI=1S/C24H29N5O3S.H2S/c1-14(2)20-9-17(13-26)10-21(15(3)4)22(20)28-23(30)29-33(27,32)19-8-16(12-25)7-18(11-19)24(5,6)31;/h7-11,14-15,31H,1-6H3,(H3,27,28,29,30,32);1H2. The van der Waals surface area contributed by atoms with Crippen molar-refractivity contribution in [1.82, 2.24) is 0 Å². The van der Waals surface area contributed by atoms with Crippen LogP contribution < -0.4 is 10.5 Å². The first-order valence-electron chi connectivity index (χ1n) is 10.4. The highest BCUT2D eigenvalue weighted by molar-refractivity contribution is 7.91. The summed E-state index contributed by atoms with van der Waals surface area (Å²) in [6, 6.07) is 10.7.